The summed E-state index contributed by atoms with van der Waals surface area (Å²) in [7, 11) is 0. The molecule has 1 aromatic carbocycles. The number of halogens is 2. The van der Waals surface area contributed by atoms with Gasteiger partial charge in [0.15, 0.2) is 17.2 Å². The molecule has 196 valence electrons. The van der Waals surface area contributed by atoms with Crippen LogP contribution in [0.4, 0.5) is 8.78 Å². The molecule has 1 N–H and O–H groups in total. The zero-order chi connectivity index (χ0) is 27.0. The van der Waals surface area contributed by atoms with E-state index in [4.69, 9.17) is 4.52 Å². The molecule has 0 atom stereocenters. The number of nitrogens with zero attached hydrogens (tertiary/aromatic N) is 4. The summed E-state index contributed by atoms with van der Waals surface area (Å²) in [5.41, 5.74) is -0.973. The van der Waals surface area contributed by atoms with Crippen LogP contribution in [0.1, 0.15) is 49.2 Å². The first-order valence-corrected chi connectivity index (χ1v) is 12.5. The minimum absolute atomic E-state index is 0.0758. The maximum absolute atomic E-state index is 14.0. The van der Waals surface area contributed by atoms with Crippen LogP contribution >= 0.6 is 11.3 Å². The molecule has 0 bridgehead atoms. The van der Waals surface area contributed by atoms with Crippen molar-refractivity contribution in [3.63, 3.8) is 0 Å². The minimum Gasteiger partial charge on any atom is -0.502 e. The molecule has 1 aliphatic rings. The number of thiophene rings is 1. The summed E-state index contributed by atoms with van der Waals surface area (Å²) in [5.74, 6) is -3.05. The molecule has 0 saturated carbocycles. The maximum atomic E-state index is 14.0. The van der Waals surface area contributed by atoms with Crippen LogP contribution < -0.4 is 10.4 Å². The lowest BCUT2D eigenvalue weighted by molar-refractivity contribution is 0.0670. The molecule has 38 heavy (non-hydrogen) atoms. The number of carbonyl (C=O) groups excluding carboxylic acids is 2. The van der Waals surface area contributed by atoms with Gasteiger partial charge in [0.25, 0.3) is 5.91 Å². The molecule has 1 aliphatic heterocycles. The standard InChI is InChI=1S/C26H22F2N4O5S/c1-15-9-18(29-37-15)11-31-14-30(12-19-3-2-8-38-19)26(36)23-25(35)24(34)20(13-32(23)31)22(33)7-5-16-4-6-17(27)10-21(16)28/h2-4,6,8-10,13,35H,5,7,11-12,14H2,1H3. The number of Topliss-reactive ketones (excluding diaryl/α,β-unsaturated/α-hetero) is 1. The molecule has 0 fully saturated rings. The number of fused-ring (bicyclic) bond motifs is 1. The maximum Gasteiger partial charge on any atom is 0.278 e. The molecule has 5 rings (SSSR count). The Hall–Kier alpha value is -4.32. The lowest BCUT2D eigenvalue weighted by Gasteiger charge is -2.39. The third kappa shape index (κ3) is 4.94. The zero-order valence-electron chi connectivity index (χ0n) is 20.2. The van der Waals surface area contributed by atoms with E-state index in [2.05, 4.69) is 5.16 Å². The average Bonchev–Trinajstić information content (AvgIpc) is 3.54. The van der Waals surface area contributed by atoms with Gasteiger partial charge in [-0.1, -0.05) is 17.3 Å². The van der Waals surface area contributed by atoms with Crippen LogP contribution in [0.2, 0.25) is 0 Å². The average molecular weight is 541 g/mol. The molecule has 0 unspecified atom stereocenters. The summed E-state index contributed by atoms with van der Waals surface area (Å²) < 4.78 is 33.7. The number of amides is 1. The first kappa shape index (κ1) is 25.3. The summed E-state index contributed by atoms with van der Waals surface area (Å²) in [6.07, 6.45) is 0.869. The number of hydrogen-bond acceptors (Lipinski definition) is 8. The van der Waals surface area contributed by atoms with Gasteiger partial charge in [-0.2, -0.15) is 0 Å². The van der Waals surface area contributed by atoms with E-state index in [9.17, 15) is 28.3 Å². The summed E-state index contributed by atoms with van der Waals surface area (Å²) in [5, 5.41) is 18.4. The van der Waals surface area contributed by atoms with E-state index >= 15 is 0 Å². The van der Waals surface area contributed by atoms with Gasteiger partial charge in [-0.3, -0.25) is 24.1 Å². The van der Waals surface area contributed by atoms with Gasteiger partial charge >= 0.3 is 0 Å². The number of aromatic nitrogens is 2. The number of benzene rings is 1. The van der Waals surface area contributed by atoms with Gasteiger partial charge in [-0.15, -0.1) is 11.3 Å². The molecule has 0 spiro atoms. The molecule has 1 amide bonds. The van der Waals surface area contributed by atoms with Gasteiger partial charge in [0, 0.05) is 29.6 Å². The molecule has 0 radical (unpaired) electrons. The van der Waals surface area contributed by atoms with Crippen molar-refractivity contribution in [2.24, 2.45) is 0 Å². The van der Waals surface area contributed by atoms with E-state index in [1.54, 1.807) is 18.0 Å². The van der Waals surface area contributed by atoms with Gasteiger partial charge in [-0.25, -0.2) is 8.78 Å². The number of ketones is 1. The van der Waals surface area contributed by atoms with Crippen molar-refractivity contribution in [3.05, 3.63) is 103 Å². The Morgan fingerprint density at radius 2 is 2.00 bits per heavy atom. The molecular formula is C26H22F2N4O5S. The number of aromatic hydroxyl groups is 1. The fourth-order valence-corrected chi connectivity index (χ4v) is 5.03. The summed E-state index contributed by atoms with van der Waals surface area (Å²) in [6, 6.07) is 8.48. The van der Waals surface area contributed by atoms with Crippen molar-refractivity contribution >= 4 is 23.0 Å². The summed E-state index contributed by atoms with van der Waals surface area (Å²) >= 11 is 1.46. The normalized spacial score (nSPS) is 13.2. The number of rotatable bonds is 8. The lowest BCUT2D eigenvalue weighted by Crippen LogP contribution is -2.53. The minimum atomic E-state index is -0.996. The van der Waals surface area contributed by atoms with Crippen LogP contribution in [-0.4, -0.2) is 38.2 Å². The van der Waals surface area contributed by atoms with Crippen molar-refractivity contribution in [2.75, 3.05) is 11.7 Å². The van der Waals surface area contributed by atoms with E-state index in [0.29, 0.717) is 11.5 Å². The smallest absolute Gasteiger partial charge is 0.278 e. The van der Waals surface area contributed by atoms with Crippen LogP contribution in [0.15, 0.2) is 57.3 Å². The van der Waals surface area contributed by atoms with Crippen LogP contribution in [0, 0.1) is 18.6 Å². The highest BCUT2D eigenvalue weighted by atomic mass is 32.1. The van der Waals surface area contributed by atoms with Crippen molar-refractivity contribution in [1.82, 2.24) is 14.7 Å². The van der Waals surface area contributed by atoms with Crippen molar-refractivity contribution in [2.45, 2.75) is 32.9 Å². The molecule has 0 aliphatic carbocycles. The molecule has 0 saturated heterocycles. The first-order valence-electron chi connectivity index (χ1n) is 11.7. The second-order valence-electron chi connectivity index (χ2n) is 8.89. The molecule has 4 heterocycles. The van der Waals surface area contributed by atoms with Gasteiger partial charge in [0.05, 0.1) is 18.7 Å². The Bertz CT molecular complexity index is 1580. The highest BCUT2D eigenvalue weighted by Crippen LogP contribution is 2.25. The van der Waals surface area contributed by atoms with E-state index in [0.717, 1.165) is 17.0 Å². The predicted molar refractivity (Wildman–Crippen MR) is 134 cm³/mol. The fourth-order valence-electron chi connectivity index (χ4n) is 4.31. The van der Waals surface area contributed by atoms with Gasteiger partial charge < -0.3 is 14.5 Å². The number of pyridine rings is 1. The molecular weight excluding hydrogens is 518 g/mol. The molecule has 4 aromatic rings. The van der Waals surface area contributed by atoms with Crippen LogP contribution in [-0.2, 0) is 19.5 Å². The van der Waals surface area contributed by atoms with Crippen LogP contribution in [0.5, 0.6) is 5.75 Å². The largest absolute Gasteiger partial charge is 0.502 e. The van der Waals surface area contributed by atoms with Crippen molar-refractivity contribution in [3.8, 4) is 5.75 Å². The SMILES string of the molecule is Cc1cc(CN2CN(Cc3cccs3)C(=O)c3c(O)c(=O)c(C(=O)CCc4ccc(F)cc4F)cn32)no1. The van der Waals surface area contributed by atoms with Crippen LogP contribution in [0.3, 0.4) is 0 Å². The van der Waals surface area contributed by atoms with E-state index in [1.807, 2.05) is 17.5 Å². The number of aryl methyl sites for hydroxylation is 2. The summed E-state index contributed by atoms with van der Waals surface area (Å²) in [6.45, 7) is 2.21. The third-order valence-corrected chi connectivity index (χ3v) is 7.04. The number of carbonyl (C=O) groups is 2. The Kier molecular flexibility index (Phi) is 6.81. The van der Waals surface area contributed by atoms with Gasteiger partial charge in [0.2, 0.25) is 5.43 Å². The summed E-state index contributed by atoms with van der Waals surface area (Å²) in [4.78, 5) is 41.8. The van der Waals surface area contributed by atoms with E-state index < -0.39 is 34.5 Å². The van der Waals surface area contributed by atoms with Crippen LogP contribution in [0.25, 0.3) is 0 Å². The molecule has 9 nitrogen and oxygen atoms in total. The number of hydrogen-bond donors (Lipinski definition) is 1. The first-order chi connectivity index (χ1) is 18.2. The lowest BCUT2D eigenvalue weighted by atomic mass is 10.0. The monoisotopic (exact) mass is 540 g/mol. The Morgan fingerprint density at radius 1 is 1.18 bits per heavy atom. The predicted octanol–water partition coefficient (Wildman–Crippen LogP) is 3.76. The van der Waals surface area contributed by atoms with Crippen molar-refractivity contribution in [1.29, 1.82) is 0 Å². The Balaban J connectivity index is 1.49. The topological polar surface area (TPSA) is 109 Å². The van der Waals surface area contributed by atoms with Crippen molar-refractivity contribution < 1.29 is 28.0 Å². The highest BCUT2D eigenvalue weighted by Gasteiger charge is 2.35. The second-order valence-corrected chi connectivity index (χ2v) is 9.92. The molecule has 3 aromatic heterocycles. The van der Waals surface area contributed by atoms with Gasteiger partial charge in [0.1, 0.15) is 29.8 Å². The fraction of sp³-hybridized carbons (Fsp3) is 0.231. The quantitative estimate of drug-likeness (QED) is 0.339. The zero-order valence-corrected chi connectivity index (χ0v) is 21.0. The van der Waals surface area contributed by atoms with Gasteiger partial charge in [-0.05, 0) is 36.4 Å². The second kappa shape index (κ2) is 10.2. The third-order valence-electron chi connectivity index (χ3n) is 6.18. The van der Waals surface area contributed by atoms with E-state index in [-0.39, 0.29) is 49.4 Å². The Labute approximate surface area is 219 Å². The highest BCUT2D eigenvalue weighted by molar-refractivity contribution is 7.09. The van der Waals surface area contributed by atoms with E-state index in [1.165, 1.54) is 33.2 Å². The Morgan fingerprint density at radius 3 is 2.68 bits per heavy atom. The molecule has 12 heteroatoms.